The maximum Gasteiger partial charge on any atom is 0.289 e. The topological polar surface area (TPSA) is 92.9 Å². The van der Waals surface area contributed by atoms with Crippen LogP contribution < -0.4 is 16.4 Å². The highest BCUT2D eigenvalue weighted by atomic mass is 16.2. The number of hydrogen-bond acceptors (Lipinski definition) is 5. The van der Waals surface area contributed by atoms with Crippen LogP contribution in [0.1, 0.15) is 10.6 Å². The number of amides is 1. The second-order valence-corrected chi connectivity index (χ2v) is 2.70. The maximum absolute atomic E-state index is 11.3. The lowest BCUT2D eigenvalue weighted by Gasteiger charge is -2.02. The summed E-state index contributed by atoms with van der Waals surface area (Å²) in [6, 6.07) is 0. The Morgan fingerprint density at radius 1 is 1.43 bits per heavy atom. The number of aromatic nitrogens is 2. The summed E-state index contributed by atoms with van der Waals surface area (Å²) in [5, 5.41) is 5.56. The van der Waals surface area contributed by atoms with Crippen molar-refractivity contribution >= 4 is 11.6 Å². The minimum atomic E-state index is -0.291. The van der Waals surface area contributed by atoms with E-state index in [-0.39, 0.29) is 11.7 Å². The number of rotatable bonds is 4. The van der Waals surface area contributed by atoms with Crippen molar-refractivity contribution in [3.05, 3.63) is 18.2 Å². The van der Waals surface area contributed by atoms with Gasteiger partial charge in [-0.1, -0.05) is 0 Å². The molecule has 0 fully saturated rings. The normalized spacial score (nSPS) is 9.79. The first-order valence-corrected chi connectivity index (χ1v) is 4.24. The third-order valence-electron chi connectivity index (χ3n) is 1.54. The predicted octanol–water partition coefficient (Wildman–Crippen LogP) is -0.992. The van der Waals surface area contributed by atoms with E-state index in [0.717, 1.165) is 0 Å². The van der Waals surface area contributed by atoms with Gasteiger partial charge in [-0.2, -0.15) is 0 Å². The van der Waals surface area contributed by atoms with E-state index in [1.54, 1.807) is 0 Å². The Labute approximate surface area is 81.9 Å². The molecule has 1 amide bonds. The Kier molecular flexibility index (Phi) is 3.81. The molecule has 0 aliphatic rings. The average Bonchev–Trinajstić information content (AvgIpc) is 2.19. The summed E-state index contributed by atoms with van der Waals surface area (Å²) in [5.41, 5.74) is 5.82. The SMILES string of the molecule is CNCCNC(=O)c1ncc(N)cn1. The predicted molar refractivity (Wildman–Crippen MR) is 52.7 cm³/mol. The second-order valence-electron chi connectivity index (χ2n) is 2.70. The minimum absolute atomic E-state index is 0.135. The van der Waals surface area contributed by atoms with Gasteiger partial charge in [0.15, 0.2) is 0 Å². The van der Waals surface area contributed by atoms with Gasteiger partial charge in [0, 0.05) is 13.1 Å². The first kappa shape index (κ1) is 10.4. The molecule has 0 aliphatic heterocycles. The molecule has 0 spiro atoms. The number of nitrogens with zero attached hydrogens (tertiary/aromatic N) is 2. The zero-order valence-corrected chi connectivity index (χ0v) is 7.95. The minimum Gasteiger partial charge on any atom is -0.396 e. The molecule has 0 unspecified atom stereocenters. The lowest BCUT2D eigenvalue weighted by atomic mass is 10.4. The quantitative estimate of drug-likeness (QED) is 0.536. The number of carbonyl (C=O) groups excluding carboxylic acids is 1. The highest BCUT2D eigenvalue weighted by molar-refractivity contribution is 5.90. The third kappa shape index (κ3) is 2.98. The van der Waals surface area contributed by atoms with Crippen molar-refractivity contribution < 1.29 is 4.79 Å². The number of likely N-dealkylation sites (N-methyl/N-ethyl adjacent to an activating group) is 1. The molecule has 1 rings (SSSR count). The third-order valence-corrected chi connectivity index (χ3v) is 1.54. The summed E-state index contributed by atoms with van der Waals surface area (Å²) in [7, 11) is 1.81. The zero-order valence-electron chi connectivity index (χ0n) is 7.95. The Morgan fingerprint density at radius 2 is 2.07 bits per heavy atom. The Bertz CT molecular complexity index is 297. The number of hydrogen-bond donors (Lipinski definition) is 3. The van der Waals surface area contributed by atoms with Gasteiger partial charge in [-0.25, -0.2) is 9.97 Å². The molecule has 0 saturated heterocycles. The lowest BCUT2D eigenvalue weighted by molar-refractivity contribution is 0.0944. The van der Waals surface area contributed by atoms with Crippen LogP contribution in [0, 0.1) is 0 Å². The first-order chi connectivity index (χ1) is 6.74. The molecule has 0 aromatic carbocycles. The van der Waals surface area contributed by atoms with E-state index >= 15 is 0 Å². The van der Waals surface area contributed by atoms with Crippen molar-refractivity contribution in [2.75, 3.05) is 25.9 Å². The van der Waals surface area contributed by atoms with E-state index in [9.17, 15) is 4.79 Å². The van der Waals surface area contributed by atoms with Gasteiger partial charge in [0.1, 0.15) is 0 Å². The Hall–Kier alpha value is -1.69. The summed E-state index contributed by atoms with van der Waals surface area (Å²) in [6.45, 7) is 1.25. The molecule has 1 aromatic rings. The van der Waals surface area contributed by atoms with Crippen LogP contribution in [0.2, 0.25) is 0 Å². The van der Waals surface area contributed by atoms with Crippen molar-refractivity contribution in [1.82, 2.24) is 20.6 Å². The van der Waals surface area contributed by atoms with Crippen molar-refractivity contribution in [2.45, 2.75) is 0 Å². The van der Waals surface area contributed by atoms with E-state index in [2.05, 4.69) is 20.6 Å². The van der Waals surface area contributed by atoms with Gasteiger partial charge in [-0.15, -0.1) is 0 Å². The van der Waals surface area contributed by atoms with E-state index < -0.39 is 0 Å². The molecular formula is C8H13N5O. The number of nitrogen functional groups attached to an aromatic ring is 1. The van der Waals surface area contributed by atoms with Crippen LogP contribution in [0.5, 0.6) is 0 Å². The van der Waals surface area contributed by atoms with Crippen LogP contribution in [0.25, 0.3) is 0 Å². The van der Waals surface area contributed by atoms with Gasteiger partial charge >= 0.3 is 0 Å². The van der Waals surface area contributed by atoms with Gasteiger partial charge in [0.05, 0.1) is 18.1 Å². The summed E-state index contributed by atoms with van der Waals surface area (Å²) in [5.74, 6) is -0.157. The molecule has 0 bridgehead atoms. The summed E-state index contributed by atoms with van der Waals surface area (Å²) >= 11 is 0. The molecular weight excluding hydrogens is 182 g/mol. The molecule has 6 heteroatoms. The van der Waals surface area contributed by atoms with Gasteiger partial charge in [-0.3, -0.25) is 4.79 Å². The number of anilines is 1. The first-order valence-electron chi connectivity index (χ1n) is 4.24. The number of nitrogens with two attached hydrogens (primary N) is 1. The monoisotopic (exact) mass is 195 g/mol. The van der Waals surface area contributed by atoms with E-state index in [0.29, 0.717) is 18.8 Å². The van der Waals surface area contributed by atoms with Gasteiger partial charge in [0.25, 0.3) is 5.91 Å². The number of nitrogens with one attached hydrogen (secondary N) is 2. The Balaban J connectivity index is 2.48. The highest BCUT2D eigenvalue weighted by Crippen LogP contribution is 1.95. The summed E-state index contributed by atoms with van der Waals surface area (Å²) in [6.07, 6.45) is 2.81. The van der Waals surface area contributed by atoms with Crippen molar-refractivity contribution in [2.24, 2.45) is 0 Å². The largest absolute Gasteiger partial charge is 0.396 e. The summed E-state index contributed by atoms with van der Waals surface area (Å²) in [4.78, 5) is 18.9. The van der Waals surface area contributed by atoms with Crippen LogP contribution >= 0.6 is 0 Å². The van der Waals surface area contributed by atoms with Gasteiger partial charge in [-0.05, 0) is 7.05 Å². The molecule has 0 saturated carbocycles. The molecule has 6 nitrogen and oxygen atoms in total. The average molecular weight is 195 g/mol. The van der Waals surface area contributed by atoms with E-state index in [1.807, 2.05) is 7.05 Å². The van der Waals surface area contributed by atoms with Gasteiger partial charge in [0.2, 0.25) is 5.82 Å². The lowest BCUT2D eigenvalue weighted by Crippen LogP contribution is -2.31. The van der Waals surface area contributed by atoms with E-state index in [1.165, 1.54) is 12.4 Å². The standard InChI is InChI=1S/C8H13N5O/c1-10-2-3-11-8(14)7-12-4-6(9)5-13-7/h4-5,10H,2-3,9H2,1H3,(H,11,14). The van der Waals surface area contributed by atoms with Crippen LogP contribution in [0.4, 0.5) is 5.69 Å². The van der Waals surface area contributed by atoms with Crippen molar-refractivity contribution in [3.8, 4) is 0 Å². The fourth-order valence-electron chi connectivity index (χ4n) is 0.835. The fourth-order valence-corrected chi connectivity index (χ4v) is 0.835. The molecule has 4 N–H and O–H groups in total. The molecule has 1 heterocycles. The maximum atomic E-state index is 11.3. The molecule has 0 atom stereocenters. The highest BCUT2D eigenvalue weighted by Gasteiger charge is 2.06. The fraction of sp³-hybridized carbons (Fsp3) is 0.375. The number of carbonyl (C=O) groups is 1. The van der Waals surface area contributed by atoms with Gasteiger partial charge < -0.3 is 16.4 Å². The second kappa shape index (κ2) is 5.13. The molecule has 76 valence electrons. The van der Waals surface area contributed by atoms with E-state index in [4.69, 9.17) is 5.73 Å². The van der Waals surface area contributed by atoms with Crippen molar-refractivity contribution in [3.63, 3.8) is 0 Å². The smallest absolute Gasteiger partial charge is 0.289 e. The van der Waals surface area contributed by atoms with Crippen LogP contribution in [0.3, 0.4) is 0 Å². The van der Waals surface area contributed by atoms with Crippen molar-refractivity contribution in [1.29, 1.82) is 0 Å². The molecule has 0 radical (unpaired) electrons. The van der Waals surface area contributed by atoms with Crippen LogP contribution in [0.15, 0.2) is 12.4 Å². The zero-order chi connectivity index (χ0) is 10.4. The van der Waals surface area contributed by atoms with Crippen LogP contribution in [-0.2, 0) is 0 Å². The molecule has 14 heavy (non-hydrogen) atoms. The van der Waals surface area contributed by atoms with Crippen LogP contribution in [-0.4, -0.2) is 36.0 Å². The summed E-state index contributed by atoms with van der Waals surface area (Å²) < 4.78 is 0. The Morgan fingerprint density at radius 3 is 2.64 bits per heavy atom. The molecule has 1 aromatic heterocycles. The molecule has 0 aliphatic carbocycles.